The number of carbonyl (C=O) groups is 1. The Bertz CT molecular complexity index is 876. The molecule has 0 radical (unpaired) electrons. The lowest BCUT2D eigenvalue weighted by Crippen LogP contribution is -2.38. The zero-order valence-corrected chi connectivity index (χ0v) is 14.9. The largest absolute Gasteiger partial charge is 0.391 e. The van der Waals surface area contributed by atoms with E-state index in [1.165, 1.54) is 0 Å². The van der Waals surface area contributed by atoms with E-state index in [1.807, 2.05) is 34.7 Å². The fourth-order valence-corrected chi connectivity index (χ4v) is 3.92. The minimum absolute atomic E-state index is 0.00656. The van der Waals surface area contributed by atoms with Gasteiger partial charge in [-0.05, 0) is 37.5 Å². The summed E-state index contributed by atoms with van der Waals surface area (Å²) in [7, 11) is 1.96. The number of aliphatic hydroxyl groups excluding tert-OH is 1. The quantitative estimate of drug-likeness (QED) is 0.885. The third-order valence-electron chi connectivity index (χ3n) is 5.52. The molecular weight excluding hydrogens is 330 g/mol. The second-order valence-electron chi connectivity index (χ2n) is 7.26. The molecule has 1 N–H and O–H groups in total. The Kier molecular flexibility index (Phi) is 4.29. The molecule has 0 spiro atoms. The molecule has 136 valence electrons. The molecule has 0 unspecified atom stereocenters. The number of fused-ring (bicyclic) bond motifs is 1. The monoisotopic (exact) mass is 353 g/mol. The number of nitriles is 1. The van der Waals surface area contributed by atoms with Gasteiger partial charge in [-0.15, -0.1) is 0 Å². The normalized spacial score (nSPS) is 21.3. The average molecular weight is 353 g/mol. The molecule has 1 aromatic heterocycles. The first-order chi connectivity index (χ1) is 12.6. The van der Waals surface area contributed by atoms with Crippen molar-refractivity contribution < 1.29 is 9.90 Å². The van der Waals surface area contributed by atoms with Crippen LogP contribution in [0.4, 0.5) is 5.95 Å². The van der Waals surface area contributed by atoms with Gasteiger partial charge in [-0.2, -0.15) is 5.26 Å². The molecule has 2 aromatic rings. The lowest BCUT2D eigenvalue weighted by molar-refractivity contribution is 0.0707. The molecule has 1 atom stereocenters. The first kappa shape index (κ1) is 16.9. The Labute approximate surface area is 152 Å². The van der Waals surface area contributed by atoms with Gasteiger partial charge in [0.05, 0.1) is 23.2 Å². The molecule has 7 heteroatoms. The number of aromatic nitrogens is 2. The van der Waals surface area contributed by atoms with Crippen LogP contribution in [-0.2, 0) is 7.05 Å². The topological polar surface area (TPSA) is 85.4 Å². The minimum atomic E-state index is -0.303. The highest BCUT2D eigenvalue weighted by Crippen LogP contribution is 2.26. The van der Waals surface area contributed by atoms with Gasteiger partial charge in [0.25, 0.3) is 5.91 Å². The lowest BCUT2D eigenvalue weighted by Gasteiger charge is -2.29. The van der Waals surface area contributed by atoms with Crippen LogP contribution in [0.5, 0.6) is 0 Å². The molecule has 7 nitrogen and oxygen atoms in total. The number of nitrogens with zero attached hydrogens (tertiary/aromatic N) is 5. The molecule has 1 amide bonds. The van der Waals surface area contributed by atoms with Crippen molar-refractivity contribution in [3.63, 3.8) is 0 Å². The third-order valence-corrected chi connectivity index (χ3v) is 5.52. The van der Waals surface area contributed by atoms with Crippen molar-refractivity contribution in [1.82, 2.24) is 14.5 Å². The number of piperidine rings is 1. The van der Waals surface area contributed by atoms with Crippen LogP contribution in [0.25, 0.3) is 11.0 Å². The number of β-amino-alcohol motifs (C(OH)–C–C–N with tert-alkyl or cyclic N) is 1. The van der Waals surface area contributed by atoms with Crippen molar-refractivity contribution >= 4 is 22.9 Å². The summed E-state index contributed by atoms with van der Waals surface area (Å²) in [5, 5.41) is 18.8. The van der Waals surface area contributed by atoms with Gasteiger partial charge in [0, 0.05) is 44.7 Å². The van der Waals surface area contributed by atoms with Crippen molar-refractivity contribution in [1.29, 1.82) is 5.26 Å². The number of hydrogen-bond donors (Lipinski definition) is 1. The van der Waals surface area contributed by atoms with Crippen molar-refractivity contribution in [2.45, 2.75) is 25.4 Å². The summed E-state index contributed by atoms with van der Waals surface area (Å²) in [4.78, 5) is 21.4. The molecular formula is C19H23N5O2. The summed E-state index contributed by atoms with van der Waals surface area (Å²) in [5.41, 5.74) is 2.40. The van der Waals surface area contributed by atoms with Crippen molar-refractivity contribution in [3.8, 4) is 6.07 Å². The lowest BCUT2D eigenvalue weighted by atomic mass is 9.98. The number of aliphatic hydroxyl groups is 1. The van der Waals surface area contributed by atoms with Gasteiger partial charge in [0.15, 0.2) is 0 Å². The van der Waals surface area contributed by atoms with Crippen molar-refractivity contribution in [2.24, 2.45) is 13.0 Å². The van der Waals surface area contributed by atoms with E-state index in [0.29, 0.717) is 25.2 Å². The first-order valence-electron chi connectivity index (χ1n) is 9.15. The van der Waals surface area contributed by atoms with Crippen LogP contribution in [0.2, 0.25) is 0 Å². The molecule has 2 saturated heterocycles. The average Bonchev–Trinajstić information content (AvgIpc) is 3.24. The van der Waals surface area contributed by atoms with Gasteiger partial charge in [0.1, 0.15) is 0 Å². The maximum absolute atomic E-state index is 12.8. The van der Waals surface area contributed by atoms with E-state index in [1.54, 1.807) is 0 Å². The molecule has 0 saturated carbocycles. The highest BCUT2D eigenvalue weighted by Gasteiger charge is 2.26. The number of aryl methyl sites for hydroxylation is 1. The fraction of sp³-hybridized carbons (Fsp3) is 0.526. The number of benzene rings is 1. The number of hydrogen-bond acceptors (Lipinski definition) is 5. The summed E-state index contributed by atoms with van der Waals surface area (Å²) in [6.07, 6.45) is 1.94. The van der Waals surface area contributed by atoms with Crippen LogP contribution in [-0.4, -0.2) is 57.7 Å². The zero-order chi connectivity index (χ0) is 18.3. The van der Waals surface area contributed by atoms with Crippen molar-refractivity contribution in [2.75, 3.05) is 31.1 Å². The van der Waals surface area contributed by atoms with Crippen molar-refractivity contribution in [3.05, 3.63) is 23.8 Å². The van der Waals surface area contributed by atoms with Gasteiger partial charge in [0.2, 0.25) is 5.95 Å². The van der Waals surface area contributed by atoms with E-state index in [4.69, 9.17) is 10.2 Å². The highest BCUT2D eigenvalue weighted by atomic mass is 16.3. The maximum atomic E-state index is 12.8. The van der Waals surface area contributed by atoms with Crippen LogP contribution in [0, 0.1) is 17.2 Å². The van der Waals surface area contributed by atoms with E-state index >= 15 is 0 Å². The maximum Gasteiger partial charge on any atom is 0.253 e. The van der Waals surface area contributed by atoms with E-state index in [0.717, 1.165) is 42.8 Å². The van der Waals surface area contributed by atoms with Crippen LogP contribution in [0.3, 0.4) is 0 Å². The second kappa shape index (κ2) is 6.61. The van der Waals surface area contributed by atoms with E-state index in [-0.39, 0.29) is 17.9 Å². The minimum Gasteiger partial charge on any atom is -0.391 e. The Balaban J connectivity index is 1.58. The molecule has 4 rings (SSSR count). The Morgan fingerprint density at radius 2 is 2.04 bits per heavy atom. The summed E-state index contributed by atoms with van der Waals surface area (Å²) < 4.78 is 2.01. The van der Waals surface area contributed by atoms with Crippen LogP contribution >= 0.6 is 0 Å². The summed E-state index contributed by atoms with van der Waals surface area (Å²) in [6.45, 7) is 2.65. The molecule has 0 bridgehead atoms. The first-order valence-corrected chi connectivity index (χ1v) is 9.15. The molecule has 2 fully saturated rings. The molecule has 3 heterocycles. The van der Waals surface area contributed by atoms with Gasteiger partial charge >= 0.3 is 0 Å². The molecule has 1 aromatic carbocycles. The van der Waals surface area contributed by atoms with E-state index < -0.39 is 0 Å². The van der Waals surface area contributed by atoms with Gasteiger partial charge < -0.3 is 19.5 Å². The number of imidazole rings is 1. The van der Waals surface area contributed by atoms with E-state index in [9.17, 15) is 9.90 Å². The number of likely N-dealkylation sites (tertiary alicyclic amines) is 1. The Hall–Kier alpha value is -2.59. The summed E-state index contributed by atoms with van der Waals surface area (Å²) >= 11 is 0. The third kappa shape index (κ3) is 2.90. The van der Waals surface area contributed by atoms with Crippen LogP contribution in [0.15, 0.2) is 18.2 Å². The smallest absolute Gasteiger partial charge is 0.253 e. The second-order valence-corrected chi connectivity index (χ2v) is 7.26. The highest BCUT2D eigenvalue weighted by molar-refractivity contribution is 5.97. The fourth-order valence-electron chi connectivity index (χ4n) is 3.92. The zero-order valence-electron chi connectivity index (χ0n) is 14.9. The molecule has 26 heavy (non-hydrogen) atoms. The summed E-state index contributed by atoms with van der Waals surface area (Å²) in [5.74, 6) is 0.902. The molecule has 2 aliphatic rings. The predicted molar refractivity (Wildman–Crippen MR) is 97.8 cm³/mol. The van der Waals surface area contributed by atoms with E-state index in [2.05, 4.69) is 11.0 Å². The van der Waals surface area contributed by atoms with Crippen LogP contribution < -0.4 is 4.90 Å². The Morgan fingerprint density at radius 1 is 1.27 bits per heavy atom. The SMILES string of the molecule is Cn1c(N2CC[C@H](O)C2)nc2cc(C(=O)N3CCC(C#N)CC3)ccc21. The summed E-state index contributed by atoms with van der Waals surface area (Å²) in [6, 6.07) is 7.93. The molecule has 0 aliphatic carbocycles. The van der Waals surface area contributed by atoms with Gasteiger partial charge in [-0.1, -0.05) is 0 Å². The van der Waals surface area contributed by atoms with Gasteiger partial charge in [-0.25, -0.2) is 4.98 Å². The predicted octanol–water partition coefficient (Wildman–Crippen LogP) is 1.52. The van der Waals surface area contributed by atoms with Gasteiger partial charge in [-0.3, -0.25) is 4.79 Å². The van der Waals surface area contributed by atoms with Crippen LogP contribution in [0.1, 0.15) is 29.6 Å². The Morgan fingerprint density at radius 3 is 2.69 bits per heavy atom. The number of carbonyl (C=O) groups excluding carboxylic acids is 1. The number of anilines is 1. The number of amides is 1. The number of rotatable bonds is 2. The molecule has 2 aliphatic heterocycles. The standard InChI is InChI=1S/C19H23N5O2/c1-22-17-3-2-14(18(26)23-7-4-13(11-20)5-8-23)10-16(17)21-19(22)24-9-6-15(25)12-24/h2-3,10,13,15,25H,4-9,12H2,1H3/t15-/m0/s1.